The lowest BCUT2D eigenvalue weighted by molar-refractivity contribution is 0.601. The number of rotatable bonds is 4. The van der Waals surface area contributed by atoms with Crippen LogP contribution in [0.25, 0.3) is 22.2 Å². The van der Waals surface area contributed by atoms with Crippen molar-refractivity contribution in [2.45, 2.75) is 4.90 Å². The Kier molecular flexibility index (Phi) is 3.78. The van der Waals surface area contributed by atoms with Crippen LogP contribution in [0.15, 0.2) is 89.8 Å². The van der Waals surface area contributed by atoms with Crippen molar-refractivity contribution in [2.75, 3.05) is 4.72 Å². The van der Waals surface area contributed by atoms with Gasteiger partial charge >= 0.3 is 0 Å². The highest BCUT2D eigenvalue weighted by Gasteiger charge is 2.14. The molecule has 0 saturated carbocycles. The van der Waals surface area contributed by atoms with E-state index >= 15 is 0 Å². The smallest absolute Gasteiger partial charge is 0.261 e. The van der Waals surface area contributed by atoms with E-state index in [1.807, 2.05) is 42.5 Å². The fraction of sp³-hybridized carbons (Fsp3) is 0. The second kappa shape index (κ2) is 6.11. The van der Waals surface area contributed by atoms with Gasteiger partial charge in [0.1, 0.15) is 0 Å². The van der Waals surface area contributed by atoms with Crippen molar-refractivity contribution in [3.8, 4) is 11.3 Å². The first kappa shape index (κ1) is 15.5. The van der Waals surface area contributed by atoms with Crippen LogP contribution in [-0.2, 0) is 10.0 Å². The quantitative estimate of drug-likeness (QED) is 0.564. The van der Waals surface area contributed by atoms with Gasteiger partial charge in [0.2, 0.25) is 0 Å². The summed E-state index contributed by atoms with van der Waals surface area (Å²) in [5, 5.41) is 1.12. The summed E-state index contributed by atoms with van der Waals surface area (Å²) in [6.45, 7) is 0. The molecule has 0 radical (unpaired) electrons. The summed E-state index contributed by atoms with van der Waals surface area (Å²) in [5.74, 6) is 0. The summed E-state index contributed by atoms with van der Waals surface area (Å²) in [6, 6.07) is 25.8. The number of nitrogens with one attached hydrogen (secondary N) is 2. The SMILES string of the molecule is O=S(=O)(Nc1cccc(-c2cc3ccccc3[nH]2)c1)c1ccccc1. The number of benzene rings is 3. The summed E-state index contributed by atoms with van der Waals surface area (Å²) >= 11 is 0. The van der Waals surface area contributed by atoms with E-state index in [0.29, 0.717) is 5.69 Å². The topological polar surface area (TPSA) is 62.0 Å². The number of aromatic nitrogens is 1. The van der Waals surface area contributed by atoms with E-state index in [1.165, 1.54) is 0 Å². The van der Waals surface area contributed by atoms with Crippen LogP contribution in [0.1, 0.15) is 0 Å². The summed E-state index contributed by atoms with van der Waals surface area (Å²) in [7, 11) is -3.60. The summed E-state index contributed by atoms with van der Waals surface area (Å²) in [5.41, 5.74) is 3.44. The van der Waals surface area contributed by atoms with Gasteiger partial charge in [-0.05, 0) is 36.4 Å². The average molecular weight is 348 g/mol. The molecule has 4 nitrogen and oxygen atoms in total. The third-order valence-electron chi connectivity index (χ3n) is 4.01. The molecule has 1 heterocycles. The molecule has 0 saturated heterocycles. The van der Waals surface area contributed by atoms with Crippen molar-refractivity contribution in [2.24, 2.45) is 0 Å². The third kappa shape index (κ3) is 3.14. The van der Waals surface area contributed by atoms with E-state index in [1.54, 1.807) is 36.4 Å². The molecule has 5 heteroatoms. The van der Waals surface area contributed by atoms with E-state index < -0.39 is 10.0 Å². The van der Waals surface area contributed by atoms with Crippen molar-refractivity contribution in [1.82, 2.24) is 4.98 Å². The highest BCUT2D eigenvalue weighted by Crippen LogP contribution is 2.27. The number of para-hydroxylation sites is 1. The third-order valence-corrected chi connectivity index (χ3v) is 5.41. The van der Waals surface area contributed by atoms with Gasteiger partial charge in [0.15, 0.2) is 0 Å². The van der Waals surface area contributed by atoms with Crippen LogP contribution in [-0.4, -0.2) is 13.4 Å². The molecule has 0 aliphatic heterocycles. The van der Waals surface area contributed by atoms with E-state index in [0.717, 1.165) is 22.2 Å². The van der Waals surface area contributed by atoms with Crippen LogP contribution < -0.4 is 4.72 Å². The van der Waals surface area contributed by atoms with Crippen LogP contribution in [0.5, 0.6) is 0 Å². The number of anilines is 1. The van der Waals surface area contributed by atoms with Crippen molar-refractivity contribution >= 4 is 26.6 Å². The van der Waals surface area contributed by atoms with Crippen LogP contribution >= 0.6 is 0 Å². The Hall–Kier alpha value is -3.05. The monoisotopic (exact) mass is 348 g/mol. The van der Waals surface area contributed by atoms with E-state index in [2.05, 4.69) is 15.8 Å². The first-order valence-electron chi connectivity index (χ1n) is 7.88. The van der Waals surface area contributed by atoms with Gasteiger partial charge in [0, 0.05) is 27.8 Å². The van der Waals surface area contributed by atoms with E-state index in [4.69, 9.17) is 0 Å². The van der Waals surface area contributed by atoms with Crippen molar-refractivity contribution in [1.29, 1.82) is 0 Å². The molecular formula is C20H16N2O2S. The van der Waals surface area contributed by atoms with Gasteiger partial charge in [-0.2, -0.15) is 0 Å². The Labute approximate surface area is 146 Å². The highest BCUT2D eigenvalue weighted by molar-refractivity contribution is 7.92. The zero-order valence-electron chi connectivity index (χ0n) is 13.3. The minimum atomic E-state index is -3.60. The van der Waals surface area contributed by atoms with E-state index in [-0.39, 0.29) is 4.90 Å². The molecule has 0 spiro atoms. The number of hydrogen-bond acceptors (Lipinski definition) is 2. The van der Waals surface area contributed by atoms with Gasteiger partial charge in [0.05, 0.1) is 4.90 Å². The Morgan fingerprint density at radius 3 is 2.32 bits per heavy atom. The number of fused-ring (bicyclic) bond motifs is 1. The van der Waals surface area contributed by atoms with Gasteiger partial charge in [-0.1, -0.05) is 48.5 Å². The number of sulfonamides is 1. The Bertz CT molecular complexity index is 1100. The molecule has 3 aromatic carbocycles. The lowest BCUT2D eigenvalue weighted by atomic mass is 10.1. The minimum absolute atomic E-state index is 0.242. The zero-order valence-corrected chi connectivity index (χ0v) is 14.1. The van der Waals surface area contributed by atoms with Gasteiger partial charge in [-0.3, -0.25) is 4.72 Å². The number of H-pyrrole nitrogens is 1. The van der Waals surface area contributed by atoms with Gasteiger partial charge in [0.25, 0.3) is 10.0 Å². The van der Waals surface area contributed by atoms with E-state index in [9.17, 15) is 8.42 Å². The molecule has 0 fully saturated rings. The average Bonchev–Trinajstić information content (AvgIpc) is 3.07. The maximum absolute atomic E-state index is 12.5. The maximum Gasteiger partial charge on any atom is 0.261 e. The Balaban J connectivity index is 1.68. The molecule has 0 aliphatic rings. The second-order valence-electron chi connectivity index (χ2n) is 5.77. The molecule has 4 aromatic rings. The normalized spacial score (nSPS) is 11.5. The summed E-state index contributed by atoms with van der Waals surface area (Å²) in [6.07, 6.45) is 0. The Morgan fingerprint density at radius 2 is 1.52 bits per heavy atom. The summed E-state index contributed by atoms with van der Waals surface area (Å²) in [4.78, 5) is 3.60. The molecule has 0 aliphatic carbocycles. The maximum atomic E-state index is 12.5. The fourth-order valence-corrected chi connectivity index (χ4v) is 3.86. The van der Waals surface area contributed by atoms with Crippen molar-refractivity contribution < 1.29 is 8.42 Å². The largest absolute Gasteiger partial charge is 0.355 e. The van der Waals surface area contributed by atoms with Crippen LogP contribution in [0.3, 0.4) is 0 Å². The molecule has 2 N–H and O–H groups in total. The molecule has 25 heavy (non-hydrogen) atoms. The fourth-order valence-electron chi connectivity index (χ4n) is 2.79. The molecule has 1 aromatic heterocycles. The van der Waals surface area contributed by atoms with Crippen molar-refractivity contribution in [3.63, 3.8) is 0 Å². The van der Waals surface area contributed by atoms with Crippen molar-refractivity contribution in [3.05, 3.63) is 84.9 Å². The number of hydrogen-bond donors (Lipinski definition) is 2. The molecule has 0 unspecified atom stereocenters. The second-order valence-corrected chi connectivity index (χ2v) is 7.45. The number of aromatic amines is 1. The lowest BCUT2D eigenvalue weighted by Crippen LogP contribution is -2.12. The predicted octanol–water partition coefficient (Wildman–Crippen LogP) is 4.64. The molecular weight excluding hydrogens is 332 g/mol. The molecule has 124 valence electrons. The first-order valence-corrected chi connectivity index (χ1v) is 9.36. The van der Waals surface area contributed by atoms with Gasteiger partial charge in [-0.25, -0.2) is 8.42 Å². The van der Waals surface area contributed by atoms with Gasteiger partial charge in [-0.15, -0.1) is 0 Å². The standard InChI is InChI=1S/C20H16N2O2S/c23-25(24,18-10-2-1-3-11-18)22-17-9-6-8-15(13-17)20-14-16-7-4-5-12-19(16)21-20/h1-14,21-22H. The zero-order chi connectivity index (χ0) is 17.3. The van der Waals surface area contributed by atoms with Crippen LogP contribution in [0.2, 0.25) is 0 Å². The predicted molar refractivity (Wildman–Crippen MR) is 101 cm³/mol. The molecule has 4 rings (SSSR count). The lowest BCUT2D eigenvalue weighted by Gasteiger charge is -2.09. The molecule has 0 amide bonds. The minimum Gasteiger partial charge on any atom is -0.355 e. The Morgan fingerprint density at radius 1 is 0.760 bits per heavy atom. The van der Waals surface area contributed by atoms with Gasteiger partial charge < -0.3 is 4.98 Å². The first-order chi connectivity index (χ1) is 12.1. The highest BCUT2D eigenvalue weighted by atomic mass is 32.2. The summed E-state index contributed by atoms with van der Waals surface area (Å²) < 4.78 is 27.6. The van der Waals surface area contributed by atoms with Crippen LogP contribution in [0, 0.1) is 0 Å². The molecule has 0 bridgehead atoms. The molecule has 0 atom stereocenters. The van der Waals surface area contributed by atoms with Crippen LogP contribution in [0.4, 0.5) is 5.69 Å².